The van der Waals surface area contributed by atoms with Crippen LogP contribution in [0, 0.1) is 10.1 Å². The number of rotatable bonds is 5. The number of nitro benzene ring substituents is 1. The van der Waals surface area contributed by atoms with Crippen LogP contribution in [0.2, 0.25) is 0 Å². The highest BCUT2D eigenvalue weighted by Crippen LogP contribution is 2.19. The van der Waals surface area contributed by atoms with Gasteiger partial charge in [0.1, 0.15) is 5.56 Å². The number of nitrogens with zero attached hydrogens (tertiary/aromatic N) is 2. The number of ether oxygens (including phenoxy) is 1. The van der Waals surface area contributed by atoms with E-state index >= 15 is 0 Å². The zero-order valence-corrected chi connectivity index (χ0v) is 13.7. The number of esters is 1. The van der Waals surface area contributed by atoms with Crippen LogP contribution < -0.4 is 0 Å². The number of para-hydroxylation sites is 1. The van der Waals surface area contributed by atoms with Crippen molar-refractivity contribution in [3.05, 3.63) is 39.9 Å². The quantitative estimate of drug-likeness (QED) is 0.425. The maximum Gasteiger partial charge on any atom is 0.345 e. The highest BCUT2D eigenvalue weighted by atomic mass is 32.2. The molecule has 0 N–H and O–H groups in total. The van der Waals surface area contributed by atoms with E-state index in [0.717, 1.165) is 6.07 Å². The number of sulfone groups is 1. The van der Waals surface area contributed by atoms with Crippen molar-refractivity contribution in [2.45, 2.75) is 12.5 Å². The number of nitro groups is 1. The molecule has 1 fully saturated rings. The summed E-state index contributed by atoms with van der Waals surface area (Å²) >= 11 is 0. The summed E-state index contributed by atoms with van der Waals surface area (Å²) in [5.41, 5.74) is -0.661. The van der Waals surface area contributed by atoms with Crippen molar-refractivity contribution < 1.29 is 27.7 Å². The summed E-state index contributed by atoms with van der Waals surface area (Å²) in [7, 11) is -1.70. The van der Waals surface area contributed by atoms with Gasteiger partial charge in [-0.25, -0.2) is 13.2 Å². The Bertz CT molecular complexity index is 775. The minimum Gasteiger partial charge on any atom is -0.452 e. The molecular weight excluding hydrogens is 340 g/mol. The predicted octanol–water partition coefficient (Wildman–Crippen LogP) is 0.397. The van der Waals surface area contributed by atoms with Crippen LogP contribution in [0.4, 0.5) is 5.69 Å². The Kier molecular flexibility index (Phi) is 5.17. The van der Waals surface area contributed by atoms with E-state index in [0.29, 0.717) is 6.42 Å². The van der Waals surface area contributed by atoms with Crippen molar-refractivity contribution >= 4 is 27.4 Å². The second-order valence-electron chi connectivity index (χ2n) is 5.41. The summed E-state index contributed by atoms with van der Waals surface area (Å²) in [4.78, 5) is 35.3. The molecule has 0 aromatic heterocycles. The summed E-state index contributed by atoms with van der Waals surface area (Å²) in [5, 5.41) is 10.9. The molecule has 1 aromatic carbocycles. The molecule has 1 aromatic rings. The van der Waals surface area contributed by atoms with Crippen molar-refractivity contribution in [2.24, 2.45) is 0 Å². The fraction of sp³-hybridized carbons (Fsp3) is 0.429. The molecule has 24 heavy (non-hydrogen) atoms. The molecule has 130 valence electrons. The van der Waals surface area contributed by atoms with Gasteiger partial charge in [-0.1, -0.05) is 12.1 Å². The lowest BCUT2D eigenvalue weighted by Gasteiger charge is -2.23. The Morgan fingerprint density at radius 1 is 1.38 bits per heavy atom. The van der Waals surface area contributed by atoms with Gasteiger partial charge < -0.3 is 9.64 Å². The molecule has 9 nitrogen and oxygen atoms in total. The average molecular weight is 356 g/mol. The topological polar surface area (TPSA) is 124 Å². The number of hydrogen-bond acceptors (Lipinski definition) is 7. The number of carbonyl (C=O) groups is 2. The lowest BCUT2D eigenvalue weighted by atomic mass is 10.2. The molecule has 1 amide bonds. The van der Waals surface area contributed by atoms with E-state index in [1.54, 1.807) is 0 Å². The number of hydrogen-bond donors (Lipinski definition) is 0. The molecule has 1 aliphatic rings. The zero-order chi connectivity index (χ0) is 17.9. The molecule has 1 saturated heterocycles. The third-order valence-corrected chi connectivity index (χ3v) is 5.55. The van der Waals surface area contributed by atoms with Crippen molar-refractivity contribution in [2.75, 3.05) is 25.2 Å². The maximum atomic E-state index is 12.0. The highest BCUT2D eigenvalue weighted by molar-refractivity contribution is 7.91. The maximum absolute atomic E-state index is 12.0. The molecule has 2 rings (SSSR count). The van der Waals surface area contributed by atoms with Crippen molar-refractivity contribution in [3.8, 4) is 0 Å². The third kappa shape index (κ3) is 4.07. The van der Waals surface area contributed by atoms with Crippen LogP contribution >= 0.6 is 0 Å². The minimum absolute atomic E-state index is 0.0191. The summed E-state index contributed by atoms with van der Waals surface area (Å²) < 4.78 is 27.7. The van der Waals surface area contributed by atoms with Crippen LogP contribution in [-0.2, 0) is 19.4 Å². The second-order valence-corrected chi connectivity index (χ2v) is 7.64. The fourth-order valence-electron chi connectivity index (χ4n) is 2.40. The van der Waals surface area contributed by atoms with Gasteiger partial charge in [0.2, 0.25) is 0 Å². The first-order valence-corrected chi connectivity index (χ1v) is 8.90. The Hall–Kier alpha value is -2.49. The number of likely N-dealkylation sites (N-methyl/N-ethyl adjacent to an activating group) is 1. The van der Waals surface area contributed by atoms with Crippen LogP contribution in [0.15, 0.2) is 24.3 Å². The van der Waals surface area contributed by atoms with Crippen LogP contribution in [-0.4, -0.2) is 61.3 Å². The predicted molar refractivity (Wildman–Crippen MR) is 83.2 cm³/mol. The lowest BCUT2D eigenvalue weighted by Crippen LogP contribution is -2.40. The van der Waals surface area contributed by atoms with Gasteiger partial charge in [-0.3, -0.25) is 14.9 Å². The molecule has 1 heterocycles. The van der Waals surface area contributed by atoms with Crippen LogP contribution in [0.25, 0.3) is 0 Å². The summed E-state index contributed by atoms with van der Waals surface area (Å²) in [6.45, 7) is -0.613. The van der Waals surface area contributed by atoms with Crippen molar-refractivity contribution in [1.29, 1.82) is 0 Å². The molecular formula is C14H16N2O7S. The van der Waals surface area contributed by atoms with Gasteiger partial charge in [0, 0.05) is 19.2 Å². The first kappa shape index (κ1) is 17.9. The lowest BCUT2D eigenvalue weighted by molar-refractivity contribution is -0.385. The molecule has 0 unspecified atom stereocenters. The minimum atomic E-state index is -3.14. The Balaban J connectivity index is 1.97. The zero-order valence-electron chi connectivity index (χ0n) is 12.9. The smallest absolute Gasteiger partial charge is 0.345 e. The number of amides is 1. The standard InChI is InChI=1S/C14H16N2O7S/c1-15(10-6-7-24(21,22)9-10)13(17)8-23-14(18)11-4-2-3-5-12(11)16(19)20/h2-5,10H,6-9H2,1H3/t10-/m1/s1. The van der Waals surface area contributed by atoms with Gasteiger partial charge in [-0.15, -0.1) is 0 Å². The van der Waals surface area contributed by atoms with E-state index in [-0.39, 0.29) is 17.1 Å². The Morgan fingerprint density at radius 3 is 2.62 bits per heavy atom. The second kappa shape index (κ2) is 6.95. The molecule has 0 aliphatic carbocycles. The Morgan fingerprint density at radius 2 is 2.04 bits per heavy atom. The SMILES string of the molecule is CN(C(=O)COC(=O)c1ccccc1[N+](=O)[O-])[C@@H]1CCS(=O)(=O)C1. The van der Waals surface area contributed by atoms with Gasteiger partial charge in [0.25, 0.3) is 11.6 Å². The molecule has 0 radical (unpaired) electrons. The van der Waals surface area contributed by atoms with Crippen molar-refractivity contribution in [1.82, 2.24) is 4.90 Å². The third-order valence-electron chi connectivity index (χ3n) is 3.80. The van der Waals surface area contributed by atoms with E-state index in [1.165, 1.54) is 30.1 Å². The molecule has 1 atom stereocenters. The normalized spacial score (nSPS) is 18.8. The van der Waals surface area contributed by atoms with Gasteiger partial charge in [-0.05, 0) is 12.5 Å². The van der Waals surface area contributed by atoms with Gasteiger partial charge >= 0.3 is 5.97 Å². The molecule has 10 heteroatoms. The molecule has 0 spiro atoms. The van der Waals surface area contributed by atoms with E-state index in [9.17, 15) is 28.1 Å². The van der Waals surface area contributed by atoms with E-state index in [1.807, 2.05) is 0 Å². The monoisotopic (exact) mass is 356 g/mol. The summed E-state index contributed by atoms with van der Waals surface area (Å²) in [6.07, 6.45) is 0.336. The first-order chi connectivity index (χ1) is 11.2. The van der Waals surface area contributed by atoms with Gasteiger partial charge in [0.05, 0.1) is 16.4 Å². The average Bonchev–Trinajstić information content (AvgIpc) is 2.91. The summed E-state index contributed by atoms with van der Waals surface area (Å²) in [5.74, 6) is -1.65. The molecule has 0 saturated carbocycles. The van der Waals surface area contributed by atoms with E-state index in [2.05, 4.69) is 0 Å². The highest BCUT2D eigenvalue weighted by Gasteiger charge is 2.33. The van der Waals surface area contributed by atoms with Crippen LogP contribution in [0.5, 0.6) is 0 Å². The summed E-state index contributed by atoms with van der Waals surface area (Å²) in [6, 6.07) is 4.80. The molecule has 1 aliphatic heterocycles. The largest absolute Gasteiger partial charge is 0.452 e. The van der Waals surface area contributed by atoms with Crippen molar-refractivity contribution in [3.63, 3.8) is 0 Å². The first-order valence-electron chi connectivity index (χ1n) is 7.08. The van der Waals surface area contributed by atoms with E-state index in [4.69, 9.17) is 4.74 Å². The van der Waals surface area contributed by atoms with Gasteiger partial charge in [-0.2, -0.15) is 0 Å². The Labute approximate surface area is 138 Å². The van der Waals surface area contributed by atoms with Crippen LogP contribution in [0.1, 0.15) is 16.8 Å². The number of carbonyl (C=O) groups excluding carboxylic acids is 2. The molecule has 0 bridgehead atoms. The van der Waals surface area contributed by atoms with Gasteiger partial charge in [0.15, 0.2) is 16.4 Å². The fourth-order valence-corrected chi connectivity index (χ4v) is 4.17. The van der Waals surface area contributed by atoms with Crippen LogP contribution in [0.3, 0.4) is 0 Å². The van der Waals surface area contributed by atoms with E-state index < -0.39 is 45.0 Å². The number of benzene rings is 1.